The summed E-state index contributed by atoms with van der Waals surface area (Å²) in [4.78, 5) is 12.2. The van der Waals surface area contributed by atoms with E-state index in [-0.39, 0.29) is 17.8 Å². The van der Waals surface area contributed by atoms with Crippen LogP contribution in [-0.4, -0.2) is 11.9 Å². The van der Waals surface area contributed by atoms with Crippen LogP contribution in [0.3, 0.4) is 0 Å². The molecule has 2 rings (SSSR count). The van der Waals surface area contributed by atoms with E-state index in [2.05, 4.69) is 10.6 Å². The van der Waals surface area contributed by atoms with Crippen LogP contribution in [0.25, 0.3) is 0 Å². The molecule has 0 aromatic heterocycles. The number of hydrogen-bond acceptors (Lipinski definition) is 2. The maximum absolute atomic E-state index is 13.7. The molecule has 3 nitrogen and oxygen atoms in total. The van der Waals surface area contributed by atoms with Crippen molar-refractivity contribution in [1.82, 2.24) is 5.32 Å². The Morgan fingerprint density at radius 2 is 1.68 bits per heavy atom. The minimum Gasteiger partial charge on any atom is -0.325 e. The molecule has 22 heavy (non-hydrogen) atoms. The molecule has 0 fully saturated rings. The lowest BCUT2D eigenvalue weighted by Gasteiger charge is -2.20. The molecule has 2 aromatic carbocycles. The number of anilines is 1. The van der Waals surface area contributed by atoms with Crippen molar-refractivity contribution in [3.63, 3.8) is 0 Å². The third kappa shape index (κ3) is 4.15. The Morgan fingerprint density at radius 1 is 1.05 bits per heavy atom. The van der Waals surface area contributed by atoms with Gasteiger partial charge in [0.1, 0.15) is 5.82 Å². The summed E-state index contributed by atoms with van der Waals surface area (Å²) in [7, 11) is 0. The molecule has 0 spiro atoms. The van der Waals surface area contributed by atoms with E-state index in [1.165, 1.54) is 6.07 Å². The summed E-state index contributed by atoms with van der Waals surface area (Å²) in [5.74, 6) is -0.416. The molecule has 0 heterocycles. The van der Waals surface area contributed by atoms with E-state index >= 15 is 0 Å². The second-order valence-electron chi connectivity index (χ2n) is 5.49. The van der Waals surface area contributed by atoms with Crippen LogP contribution in [0, 0.1) is 12.7 Å². The number of carbonyl (C=O) groups is 1. The normalized spacial score (nSPS) is 13.5. The lowest BCUT2D eigenvalue weighted by atomic mass is 10.1. The van der Waals surface area contributed by atoms with E-state index in [0.29, 0.717) is 5.56 Å². The van der Waals surface area contributed by atoms with Crippen molar-refractivity contribution in [2.75, 3.05) is 5.32 Å². The fraction of sp³-hybridized carbons (Fsp3) is 0.278. The molecule has 0 aliphatic heterocycles. The molecular formula is C18H21FN2O. The van der Waals surface area contributed by atoms with Crippen LogP contribution in [0.2, 0.25) is 0 Å². The van der Waals surface area contributed by atoms with Crippen molar-refractivity contribution in [2.24, 2.45) is 0 Å². The summed E-state index contributed by atoms with van der Waals surface area (Å²) in [6, 6.07) is 13.5. The molecule has 2 unspecified atom stereocenters. The molecule has 0 saturated carbocycles. The maximum atomic E-state index is 13.7. The highest BCUT2D eigenvalue weighted by Crippen LogP contribution is 2.17. The van der Waals surface area contributed by atoms with Gasteiger partial charge in [0.15, 0.2) is 0 Å². The van der Waals surface area contributed by atoms with E-state index in [1.807, 2.05) is 38.1 Å². The summed E-state index contributed by atoms with van der Waals surface area (Å²) in [5, 5.41) is 5.96. The highest BCUT2D eigenvalue weighted by molar-refractivity contribution is 5.94. The zero-order valence-corrected chi connectivity index (χ0v) is 13.1. The summed E-state index contributed by atoms with van der Waals surface area (Å²) in [6.07, 6.45) is 0. The van der Waals surface area contributed by atoms with Gasteiger partial charge in [0, 0.05) is 17.3 Å². The minimum absolute atomic E-state index is 0.146. The topological polar surface area (TPSA) is 41.1 Å². The molecule has 116 valence electrons. The first-order chi connectivity index (χ1) is 10.5. The Bertz CT molecular complexity index is 640. The Morgan fingerprint density at radius 3 is 2.32 bits per heavy atom. The molecule has 0 aliphatic rings. The Kier molecular flexibility index (Phi) is 5.28. The van der Waals surface area contributed by atoms with Crippen LogP contribution >= 0.6 is 0 Å². The van der Waals surface area contributed by atoms with Crippen molar-refractivity contribution in [1.29, 1.82) is 0 Å². The number of amides is 1. The second-order valence-corrected chi connectivity index (χ2v) is 5.49. The molecule has 2 atom stereocenters. The third-order valence-corrected chi connectivity index (χ3v) is 3.58. The van der Waals surface area contributed by atoms with Crippen molar-refractivity contribution in [3.8, 4) is 0 Å². The van der Waals surface area contributed by atoms with Crippen LogP contribution < -0.4 is 10.6 Å². The van der Waals surface area contributed by atoms with Gasteiger partial charge in [-0.25, -0.2) is 4.39 Å². The molecule has 2 N–H and O–H groups in total. The van der Waals surface area contributed by atoms with Gasteiger partial charge in [-0.3, -0.25) is 10.1 Å². The standard InChI is InChI=1S/C18H21FN2O/c1-12-8-10-15(11-9-12)21-18(22)14(3)20-13(2)16-6-4-5-7-17(16)19/h4-11,13-14,20H,1-3H3,(H,21,22). The van der Waals surface area contributed by atoms with Gasteiger partial charge >= 0.3 is 0 Å². The van der Waals surface area contributed by atoms with Gasteiger partial charge in [-0.1, -0.05) is 35.9 Å². The van der Waals surface area contributed by atoms with Crippen molar-refractivity contribution in [2.45, 2.75) is 32.9 Å². The number of halogens is 1. The lowest BCUT2D eigenvalue weighted by Crippen LogP contribution is -2.39. The maximum Gasteiger partial charge on any atom is 0.241 e. The van der Waals surface area contributed by atoms with E-state index in [1.54, 1.807) is 25.1 Å². The molecule has 4 heteroatoms. The quantitative estimate of drug-likeness (QED) is 0.881. The Hall–Kier alpha value is -2.20. The van der Waals surface area contributed by atoms with Gasteiger partial charge in [0.25, 0.3) is 0 Å². The summed E-state index contributed by atoms with van der Waals surface area (Å²) < 4.78 is 13.7. The van der Waals surface area contributed by atoms with Crippen LogP contribution in [0.5, 0.6) is 0 Å². The van der Waals surface area contributed by atoms with E-state index in [0.717, 1.165) is 11.3 Å². The van der Waals surface area contributed by atoms with Gasteiger partial charge < -0.3 is 5.32 Å². The van der Waals surface area contributed by atoms with Gasteiger partial charge in [0.05, 0.1) is 6.04 Å². The average Bonchev–Trinajstić information content (AvgIpc) is 2.49. The molecule has 1 amide bonds. The minimum atomic E-state index is -0.434. The molecular weight excluding hydrogens is 279 g/mol. The van der Waals surface area contributed by atoms with E-state index in [4.69, 9.17) is 0 Å². The zero-order valence-electron chi connectivity index (χ0n) is 13.1. The molecule has 0 radical (unpaired) electrons. The smallest absolute Gasteiger partial charge is 0.241 e. The lowest BCUT2D eigenvalue weighted by molar-refractivity contribution is -0.117. The first-order valence-electron chi connectivity index (χ1n) is 7.35. The number of nitrogens with one attached hydrogen (secondary N) is 2. The first kappa shape index (κ1) is 16.2. The van der Waals surface area contributed by atoms with E-state index in [9.17, 15) is 9.18 Å². The number of rotatable bonds is 5. The number of hydrogen-bond donors (Lipinski definition) is 2. The molecule has 0 saturated heterocycles. The highest BCUT2D eigenvalue weighted by atomic mass is 19.1. The number of benzene rings is 2. The van der Waals surface area contributed by atoms with Crippen LogP contribution in [0.4, 0.5) is 10.1 Å². The monoisotopic (exact) mass is 300 g/mol. The van der Waals surface area contributed by atoms with Crippen LogP contribution in [0.1, 0.15) is 31.0 Å². The van der Waals surface area contributed by atoms with Crippen LogP contribution in [0.15, 0.2) is 48.5 Å². The van der Waals surface area contributed by atoms with Gasteiger partial charge in [-0.05, 0) is 39.0 Å². The van der Waals surface area contributed by atoms with Crippen molar-refractivity contribution >= 4 is 11.6 Å². The molecule has 0 aliphatic carbocycles. The predicted molar refractivity (Wildman–Crippen MR) is 87.2 cm³/mol. The fourth-order valence-corrected chi connectivity index (χ4v) is 2.25. The summed E-state index contributed by atoms with van der Waals surface area (Å²) in [5.41, 5.74) is 2.44. The summed E-state index contributed by atoms with van der Waals surface area (Å²) in [6.45, 7) is 5.60. The number of carbonyl (C=O) groups excluding carboxylic acids is 1. The fourth-order valence-electron chi connectivity index (χ4n) is 2.25. The zero-order chi connectivity index (χ0) is 16.1. The first-order valence-corrected chi connectivity index (χ1v) is 7.35. The summed E-state index contributed by atoms with van der Waals surface area (Å²) >= 11 is 0. The predicted octanol–water partition coefficient (Wildman–Crippen LogP) is 3.81. The average molecular weight is 300 g/mol. The largest absolute Gasteiger partial charge is 0.325 e. The Labute approximate surface area is 130 Å². The SMILES string of the molecule is Cc1ccc(NC(=O)C(C)NC(C)c2ccccc2F)cc1. The second kappa shape index (κ2) is 7.18. The molecule has 0 bridgehead atoms. The highest BCUT2D eigenvalue weighted by Gasteiger charge is 2.18. The van der Waals surface area contributed by atoms with Crippen molar-refractivity contribution in [3.05, 3.63) is 65.5 Å². The van der Waals surface area contributed by atoms with Gasteiger partial charge in [-0.15, -0.1) is 0 Å². The Balaban J connectivity index is 1.96. The van der Waals surface area contributed by atoms with Crippen molar-refractivity contribution < 1.29 is 9.18 Å². The molecule has 2 aromatic rings. The number of aryl methyl sites for hydroxylation is 1. The third-order valence-electron chi connectivity index (χ3n) is 3.58. The van der Waals surface area contributed by atoms with Gasteiger partial charge in [-0.2, -0.15) is 0 Å². The van der Waals surface area contributed by atoms with E-state index < -0.39 is 6.04 Å². The van der Waals surface area contributed by atoms with Crippen LogP contribution in [-0.2, 0) is 4.79 Å². The van der Waals surface area contributed by atoms with Gasteiger partial charge in [0.2, 0.25) is 5.91 Å².